The van der Waals surface area contributed by atoms with Gasteiger partial charge in [-0.1, -0.05) is 18.2 Å². The van der Waals surface area contributed by atoms with E-state index in [0.29, 0.717) is 6.07 Å². The van der Waals surface area contributed by atoms with Crippen LogP contribution in [0.2, 0.25) is 0 Å². The number of benzene rings is 1. The molecule has 0 aromatic heterocycles. The van der Waals surface area contributed by atoms with Gasteiger partial charge in [0.2, 0.25) is 0 Å². The lowest BCUT2D eigenvalue weighted by Gasteiger charge is -2.33. The Hall–Kier alpha value is -3.28. The second-order valence-corrected chi connectivity index (χ2v) is 5.16. The maximum atomic E-state index is 13.3. The van der Waals surface area contributed by atoms with Crippen LogP contribution in [0, 0.1) is 11.3 Å². The molecule has 1 aliphatic rings. The summed E-state index contributed by atoms with van der Waals surface area (Å²) in [5, 5.41) is 34.3. The normalized spacial score (nSPS) is 17.8. The van der Waals surface area contributed by atoms with Crippen LogP contribution in [0.3, 0.4) is 0 Å². The standard InChI is InChI=1S/C16H11F3N2O4/c1-7-11(14(22)23)12(13(15(24)25)10(6-20)21-7)8-4-2-3-5-9(8)16(17,18)19/h2-5,12,21H,1H3,(H,22,23)(H,24,25)/p-2. The SMILES string of the molecule is CC1=C(C(=O)[O-])C(c2ccccc2C(F)(F)F)C(C(=O)[O-])=C(C#N)N1. The monoisotopic (exact) mass is 350 g/mol. The van der Waals surface area contributed by atoms with Crippen molar-refractivity contribution in [3.8, 4) is 6.07 Å². The van der Waals surface area contributed by atoms with Crippen LogP contribution in [0.4, 0.5) is 13.2 Å². The first kappa shape index (κ1) is 18.1. The van der Waals surface area contributed by atoms with E-state index in [2.05, 4.69) is 5.32 Å². The molecule has 1 aromatic rings. The van der Waals surface area contributed by atoms with Gasteiger partial charge in [0.1, 0.15) is 11.8 Å². The molecule has 130 valence electrons. The van der Waals surface area contributed by atoms with Crippen molar-refractivity contribution < 1.29 is 33.0 Å². The van der Waals surface area contributed by atoms with Crippen molar-refractivity contribution in [1.29, 1.82) is 5.26 Å². The van der Waals surface area contributed by atoms with E-state index < -0.39 is 52.0 Å². The average Bonchev–Trinajstić information content (AvgIpc) is 2.52. The number of carbonyl (C=O) groups excluding carboxylic acids is 2. The maximum Gasteiger partial charge on any atom is 0.416 e. The first-order chi connectivity index (χ1) is 11.6. The first-order valence-corrected chi connectivity index (χ1v) is 6.80. The van der Waals surface area contributed by atoms with Gasteiger partial charge in [0, 0.05) is 22.8 Å². The number of allylic oxidation sites excluding steroid dienone is 2. The first-order valence-electron chi connectivity index (χ1n) is 6.80. The third-order valence-electron chi connectivity index (χ3n) is 3.69. The Morgan fingerprint density at radius 3 is 2.20 bits per heavy atom. The van der Waals surface area contributed by atoms with Crippen molar-refractivity contribution in [3.05, 3.63) is 57.9 Å². The summed E-state index contributed by atoms with van der Waals surface area (Å²) in [7, 11) is 0. The summed E-state index contributed by atoms with van der Waals surface area (Å²) in [4.78, 5) is 22.9. The fraction of sp³-hybridized carbons (Fsp3) is 0.188. The van der Waals surface area contributed by atoms with E-state index >= 15 is 0 Å². The van der Waals surface area contributed by atoms with Crippen LogP contribution in [0.5, 0.6) is 0 Å². The molecule has 0 saturated heterocycles. The zero-order valence-electron chi connectivity index (χ0n) is 12.6. The topological polar surface area (TPSA) is 116 Å². The van der Waals surface area contributed by atoms with Gasteiger partial charge < -0.3 is 25.1 Å². The number of dihydropyridines is 1. The third kappa shape index (κ3) is 3.19. The van der Waals surface area contributed by atoms with E-state index in [-0.39, 0.29) is 5.70 Å². The molecular weight excluding hydrogens is 341 g/mol. The summed E-state index contributed by atoms with van der Waals surface area (Å²) < 4.78 is 39.9. The molecule has 1 atom stereocenters. The quantitative estimate of drug-likeness (QED) is 0.817. The molecule has 25 heavy (non-hydrogen) atoms. The lowest BCUT2D eigenvalue weighted by Crippen LogP contribution is -2.40. The van der Waals surface area contributed by atoms with Crippen molar-refractivity contribution in [1.82, 2.24) is 5.32 Å². The summed E-state index contributed by atoms with van der Waals surface area (Å²) >= 11 is 0. The Bertz CT molecular complexity index is 863. The van der Waals surface area contributed by atoms with Crippen LogP contribution in [0.1, 0.15) is 24.0 Å². The number of aliphatic carboxylic acids is 2. The average molecular weight is 350 g/mol. The van der Waals surface area contributed by atoms with Gasteiger partial charge in [0.15, 0.2) is 0 Å². The molecule has 0 bridgehead atoms. The molecule has 0 amide bonds. The number of nitriles is 1. The summed E-state index contributed by atoms with van der Waals surface area (Å²) in [6.07, 6.45) is -4.86. The van der Waals surface area contributed by atoms with E-state index in [9.17, 15) is 33.0 Å². The van der Waals surface area contributed by atoms with Crippen LogP contribution >= 0.6 is 0 Å². The Morgan fingerprint density at radius 2 is 1.72 bits per heavy atom. The molecule has 0 spiro atoms. The number of alkyl halides is 3. The van der Waals surface area contributed by atoms with Crippen LogP contribution in [-0.4, -0.2) is 11.9 Å². The van der Waals surface area contributed by atoms with Crippen molar-refractivity contribution >= 4 is 11.9 Å². The van der Waals surface area contributed by atoms with Gasteiger partial charge >= 0.3 is 6.18 Å². The van der Waals surface area contributed by atoms with Crippen molar-refractivity contribution in [2.24, 2.45) is 0 Å². The van der Waals surface area contributed by atoms with Gasteiger partial charge in [-0.05, 0) is 18.6 Å². The molecule has 0 fully saturated rings. The van der Waals surface area contributed by atoms with Crippen LogP contribution < -0.4 is 15.5 Å². The van der Waals surface area contributed by atoms with E-state index in [1.807, 2.05) is 0 Å². The largest absolute Gasteiger partial charge is 0.545 e. The molecule has 1 heterocycles. The molecule has 1 aliphatic heterocycles. The highest BCUT2D eigenvalue weighted by Crippen LogP contribution is 2.43. The molecule has 0 saturated carbocycles. The number of hydrogen-bond donors (Lipinski definition) is 1. The van der Waals surface area contributed by atoms with Gasteiger partial charge in [-0.25, -0.2) is 0 Å². The van der Waals surface area contributed by atoms with Gasteiger partial charge in [-0.15, -0.1) is 0 Å². The number of carbonyl (C=O) groups is 2. The lowest BCUT2D eigenvalue weighted by atomic mass is 9.78. The molecule has 2 rings (SSSR count). The highest BCUT2D eigenvalue weighted by Gasteiger charge is 2.39. The smallest absolute Gasteiger partial charge is 0.416 e. The number of nitrogens with zero attached hydrogens (tertiary/aromatic N) is 1. The van der Waals surface area contributed by atoms with Crippen molar-refractivity contribution in [2.45, 2.75) is 19.0 Å². The van der Waals surface area contributed by atoms with Gasteiger partial charge in [-0.3, -0.25) is 0 Å². The predicted octanol–water partition coefficient (Wildman–Crippen LogP) is -0.0563. The Morgan fingerprint density at radius 1 is 1.16 bits per heavy atom. The van der Waals surface area contributed by atoms with E-state index in [4.69, 9.17) is 5.26 Å². The molecule has 1 aromatic carbocycles. The summed E-state index contributed by atoms with van der Waals surface area (Å²) in [5.41, 5.74) is -4.24. The van der Waals surface area contributed by atoms with Gasteiger partial charge in [0.05, 0.1) is 17.5 Å². The second-order valence-electron chi connectivity index (χ2n) is 5.16. The van der Waals surface area contributed by atoms with Crippen molar-refractivity contribution in [2.75, 3.05) is 0 Å². The summed E-state index contributed by atoms with van der Waals surface area (Å²) in [6.45, 7) is 1.19. The molecule has 1 N–H and O–H groups in total. The molecule has 1 unspecified atom stereocenters. The van der Waals surface area contributed by atoms with Crippen molar-refractivity contribution in [3.63, 3.8) is 0 Å². The number of carboxylic acid groups (broad SMARTS) is 2. The molecule has 0 aliphatic carbocycles. The predicted molar refractivity (Wildman–Crippen MR) is 72.7 cm³/mol. The molecular formula is C16H9F3N2O4-2. The Balaban J connectivity index is 2.88. The Kier molecular flexibility index (Phi) is 4.56. The summed E-state index contributed by atoms with van der Waals surface area (Å²) in [6, 6.07) is 5.43. The molecule has 0 radical (unpaired) electrons. The number of hydrogen-bond acceptors (Lipinski definition) is 6. The van der Waals surface area contributed by atoms with E-state index in [1.54, 1.807) is 0 Å². The zero-order chi connectivity index (χ0) is 18.9. The number of carboxylic acids is 2. The highest BCUT2D eigenvalue weighted by molar-refractivity contribution is 5.97. The van der Waals surface area contributed by atoms with Crippen LogP contribution in [0.15, 0.2) is 46.8 Å². The fourth-order valence-electron chi connectivity index (χ4n) is 2.72. The fourth-order valence-corrected chi connectivity index (χ4v) is 2.72. The third-order valence-corrected chi connectivity index (χ3v) is 3.69. The minimum atomic E-state index is -4.86. The molecule has 9 heteroatoms. The highest BCUT2D eigenvalue weighted by atomic mass is 19.4. The molecule has 6 nitrogen and oxygen atoms in total. The summed E-state index contributed by atoms with van der Waals surface area (Å²) in [5.74, 6) is -5.69. The van der Waals surface area contributed by atoms with Crippen LogP contribution in [-0.2, 0) is 15.8 Å². The van der Waals surface area contributed by atoms with Crippen LogP contribution in [0.25, 0.3) is 0 Å². The maximum absolute atomic E-state index is 13.3. The second kappa shape index (κ2) is 6.32. The zero-order valence-corrected chi connectivity index (χ0v) is 12.6. The van der Waals surface area contributed by atoms with E-state index in [1.165, 1.54) is 19.1 Å². The Labute approximate surface area is 139 Å². The van der Waals surface area contributed by atoms with Gasteiger partial charge in [-0.2, -0.15) is 18.4 Å². The van der Waals surface area contributed by atoms with Gasteiger partial charge in [0.25, 0.3) is 0 Å². The lowest BCUT2D eigenvalue weighted by molar-refractivity contribution is -0.300. The number of rotatable bonds is 3. The minimum Gasteiger partial charge on any atom is -0.545 e. The van der Waals surface area contributed by atoms with E-state index in [0.717, 1.165) is 12.1 Å². The number of nitrogens with one attached hydrogen (secondary N) is 1. The minimum absolute atomic E-state index is 0.191. The number of halogens is 3.